The molecule has 3 aromatic rings. The van der Waals surface area contributed by atoms with E-state index in [1.165, 1.54) is 0 Å². The Morgan fingerprint density at radius 3 is 2.58 bits per heavy atom. The van der Waals surface area contributed by atoms with Crippen molar-refractivity contribution in [2.45, 2.75) is 0 Å². The molecule has 1 aliphatic rings. The van der Waals surface area contributed by atoms with Gasteiger partial charge in [0.15, 0.2) is 6.61 Å². The lowest BCUT2D eigenvalue weighted by Gasteiger charge is -2.18. The van der Waals surface area contributed by atoms with Gasteiger partial charge in [0.2, 0.25) is 0 Å². The van der Waals surface area contributed by atoms with Crippen LogP contribution in [0.15, 0.2) is 72.8 Å². The van der Waals surface area contributed by atoms with E-state index >= 15 is 0 Å². The second-order valence-electron chi connectivity index (χ2n) is 5.95. The molecule has 1 heterocycles. The summed E-state index contributed by atoms with van der Waals surface area (Å²) < 4.78 is 5.32. The first-order valence-corrected chi connectivity index (χ1v) is 8.22. The minimum atomic E-state index is -0.217. The topological polar surface area (TPSA) is 67.4 Å². The molecule has 2 amide bonds. The standard InChI is InChI=1S/C21H16N2O3/c24-20-13-26-19-10-9-17(12-18(19)23-20)22-21(25)16-8-4-7-15(11-16)14-5-2-1-3-6-14/h1-12H,13H2,(H,22,25)(H,23,24). The first-order valence-electron chi connectivity index (χ1n) is 8.22. The van der Waals surface area contributed by atoms with Crippen molar-refractivity contribution in [3.63, 3.8) is 0 Å². The molecule has 0 spiro atoms. The fourth-order valence-electron chi connectivity index (χ4n) is 2.83. The summed E-state index contributed by atoms with van der Waals surface area (Å²) in [6.45, 7) is 0.00494. The van der Waals surface area contributed by atoms with E-state index in [-0.39, 0.29) is 18.4 Å². The normalized spacial score (nSPS) is 12.5. The smallest absolute Gasteiger partial charge is 0.262 e. The molecule has 4 rings (SSSR count). The number of benzene rings is 3. The number of hydrogen-bond donors (Lipinski definition) is 2. The summed E-state index contributed by atoms with van der Waals surface area (Å²) in [5, 5.41) is 5.58. The summed E-state index contributed by atoms with van der Waals surface area (Å²) in [5.74, 6) is 0.163. The van der Waals surface area contributed by atoms with Crippen LogP contribution in [0.25, 0.3) is 11.1 Å². The van der Waals surface area contributed by atoms with Gasteiger partial charge in [0.1, 0.15) is 5.75 Å². The summed E-state index contributed by atoms with van der Waals surface area (Å²) in [5.41, 5.74) is 3.73. The SMILES string of the molecule is O=C1COc2ccc(NC(=O)c3cccc(-c4ccccc4)c3)cc2N1. The molecule has 26 heavy (non-hydrogen) atoms. The number of fused-ring (bicyclic) bond motifs is 1. The van der Waals surface area contributed by atoms with Crippen LogP contribution in [-0.4, -0.2) is 18.4 Å². The zero-order valence-electron chi connectivity index (χ0n) is 13.9. The Balaban J connectivity index is 1.56. The highest BCUT2D eigenvalue weighted by Crippen LogP contribution is 2.30. The first kappa shape index (κ1) is 15.9. The second-order valence-corrected chi connectivity index (χ2v) is 5.95. The Bertz CT molecular complexity index is 984. The molecule has 1 aliphatic heterocycles. The maximum atomic E-state index is 12.6. The molecule has 0 atom stereocenters. The third-order valence-corrected chi connectivity index (χ3v) is 4.10. The number of ether oxygens (including phenoxy) is 1. The molecule has 5 nitrogen and oxygen atoms in total. The molecule has 0 radical (unpaired) electrons. The highest BCUT2D eigenvalue weighted by molar-refractivity contribution is 6.05. The molecule has 0 aliphatic carbocycles. The molecule has 5 heteroatoms. The van der Waals surface area contributed by atoms with Crippen molar-refractivity contribution >= 4 is 23.2 Å². The van der Waals surface area contributed by atoms with Crippen molar-refractivity contribution in [3.05, 3.63) is 78.4 Å². The van der Waals surface area contributed by atoms with Gasteiger partial charge < -0.3 is 15.4 Å². The Labute approximate surface area is 150 Å². The number of hydrogen-bond acceptors (Lipinski definition) is 3. The second kappa shape index (κ2) is 6.72. The summed E-state index contributed by atoms with van der Waals surface area (Å²) in [4.78, 5) is 24.0. The Hall–Kier alpha value is -3.60. The largest absolute Gasteiger partial charge is 0.482 e. The zero-order valence-corrected chi connectivity index (χ0v) is 13.9. The number of amides is 2. The number of anilines is 2. The Kier molecular flexibility index (Phi) is 4.11. The van der Waals surface area contributed by atoms with Crippen LogP contribution in [0, 0.1) is 0 Å². The maximum absolute atomic E-state index is 12.6. The van der Waals surface area contributed by atoms with Crippen LogP contribution in [0.2, 0.25) is 0 Å². The molecule has 3 aromatic carbocycles. The van der Waals surface area contributed by atoms with Crippen molar-refractivity contribution in [3.8, 4) is 16.9 Å². The van der Waals surface area contributed by atoms with E-state index in [0.717, 1.165) is 11.1 Å². The molecule has 128 valence electrons. The summed E-state index contributed by atoms with van der Waals surface area (Å²) in [7, 11) is 0. The molecule has 0 saturated heterocycles. The number of nitrogens with one attached hydrogen (secondary N) is 2. The number of carbonyl (C=O) groups excluding carboxylic acids is 2. The molecular weight excluding hydrogens is 328 g/mol. The molecule has 0 unspecified atom stereocenters. The van der Waals surface area contributed by atoms with Crippen LogP contribution >= 0.6 is 0 Å². The lowest BCUT2D eigenvalue weighted by atomic mass is 10.0. The van der Waals surface area contributed by atoms with Gasteiger partial charge in [-0.25, -0.2) is 0 Å². The van der Waals surface area contributed by atoms with Gasteiger partial charge in [0, 0.05) is 11.3 Å². The monoisotopic (exact) mass is 344 g/mol. The molecule has 0 aromatic heterocycles. The van der Waals surface area contributed by atoms with Gasteiger partial charge >= 0.3 is 0 Å². The van der Waals surface area contributed by atoms with Crippen molar-refractivity contribution in [2.24, 2.45) is 0 Å². The molecule has 0 fully saturated rings. The van der Waals surface area contributed by atoms with E-state index in [0.29, 0.717) is 22.7 Å². The summed E-state index contributed by atoms with van der Waals surface area (Å²) >= 11 is 0. The average molecular weight is 344 g/mol. The van der Waals surface area contributed by atoms with E-state index < -0.39 is 0 Å². The van der Waals surface area contributed by atoms with E-state index in [9.17, 15) is 9.59 Å². The average Bonchev–Trinajstić information content (AvgIpc) is 2.68. The summed E-state index contributed by atoms with van der Waals surface area (Å²) in [6.07, 6.45) is 0. The van der Waals surface area contributed by atoms with Gasteiger partial charge in [-0.1, -0.05) is 42.5 Å². The molecule has 0 bridgehead atoms. The lowest BCUT2D eigenvalue weighted by Crippen LogP contribution is -2.25. The van der Waals surface area contributed by atoms with Gasteiger partial charge in [-0.3, -0.25) is 9.59 Å². The third-order valence-electron chi connectivity index (χ3n) is 4.10. The van der Waals surface area contributed by atoms with Crippen LogP contribution in [0.1, 0.15) is 10.4 Å². The number of rotatable bonds is 3. The molecule has 2 N–H and O–H groups in total. The maximum Gasteiger partial charge on any atom is 0.262 e. The first-order chi connectivity index (χ1) is 12.7. The number of carbonyl (C=O) groups is 2. The summed E-state index contributed by atoms with van der Waals surface area (Å²) in [6, 6.07) is 22.5. The van der Waals surface area contributed by atoms with Gasteiger partial charge in [0.05, 0.1) is 5.69 Å². The zero-order chi connectivity index (χ0) is 17.9. The highest BCUT2D eigenvalue weighted by Gasteiger charge is 2.16. The van der Waals surface area contributed by atoms with Crippen LogP contribution in [0.5, 0.6) is 5.75 Å². The van der Waals surface area contributed by atoms with E-state index in [1.54, 1.807) is 24.3 Å². The Morgan fingerprint density at radius 2 is 1.73 bits per heavy atom. The van der Waals surface area contributed by atoms with Gasteiger partial charge in [-0.2, -0.15) is 0 Å². The third kappa shape index (κ3) is 3.28. The lowest BCUT2D eigenvalue weighted by molar-refractivity contribution is -0.118. The minimum Gasteiger partial charge on any atom is -0.482 e. The fourth-order valence-corrected chi connectivity index (χ4v) is 2.83. The fraction of sp³-hybridized carbons (Fsp3) is 0.0476. The van der Waals surface area contributed by atoms with Gasteiger partial charge in [0.25, 0.3) is 11.8 Å². The van der Waals surface area contributed by atoms with Crippen LogP contribution in [0.4, 0.5) is 11.4 Å². The molecule has 0 saturated carbocycles. The van der Waals surface area contributed by atoms with Crippen molar-refractivity contribution in [1.82, 2.24) is 0 Å². The molecular formula is C21H16N2O3. The Morgan fingerprint density at radius 1 is 0.923 bits per heavy atom. The van der Waals surface area contributed by atoms with Crippen LogP contribution in [-0.2, 0) is 4.79 Å². The van der Waals surface area contributed by atoms with E-state index in [4.69, 9.17) is 4.74 Å². The van der Waals surface area contributed by atoms with Crippen molar-refractivity contribution < 1.29 is 14.3 Å². The minimum absolute atomic E-state index is 0.00494. The highest BCUT2D eigenvalue weighted by atomic mass is 16.5. The predicted molar refractivity (Wildman–Crippen MR) is 100 cm³/mol. The van der Waals surface area contributed by atoms with Crippen LogP contribution < -0.4 is 15.4 Å². The van der Waals surface area contributed by atoms with Gasteiger partial charge in [-0.05, 0) is 41.5 Å². The predicted octanol–water partition coefficient (Wildman–Crippen LogP) is 3.94. The quantitative estimate of drug-likeness (QED) is 0.756. The van der Waals surface area contributed by atoms with Crippen molar-refractivity contribution in [1.29, 1.82) is 0 Å². The van der Waals surface area contributed by atoms with Crippen LogP contribution in [0.3, 0.4) is 0 Å². The van der Waals surface area contributed by atoms with E-state index in [1.807, 2.05) is 48.5 Å². The van der Waals surface area contributed by atoms with E-state index in [2.05, 4.69) is 10.6 Å². The van der Waals surface area contributed by atoms with Crippen molar-refractivity contribution in [2.75, 3.05) is 17.2 Å². The van der Waals surface area contributed by atoms with Gasteiger partial charge in [-0.15, -0.1) is 0 Å².